The van der Waals surface area contributed by atoms with E-state index in [1.165, 1.54) is 25.8 Å². The summed E-state index contributed by atoms with van der Waals surface area (Å²) in [5.41, 5.74) is 0. The van der Waals surface area contributed by atoms with Crippen molar-refractivity contribution >= 4 is 0 Å². The fourth-order valence-electron chi connectivity index (χ4n) is 2.35. The molecule has 1 saturated heterocycles. The van der Waals surface area contributed by atoms with Gasteiger partial charge < -0.3 is 10.1 Å². The van der Waals surface area contributed by atoms with Crippen molar-refractivity contribution in [1.82, 2.24) is 10.2 Å². The first-order valence-corrected chi connectivity index (χ1v) is 6.71. The van der Waals surface area contributed by atoms with Gasteiger partial charge in [0, 0.05) is 39.2 Å². The van der Waals surface area contributed by atoms with Crippen LogP contribution < -0.4 is 5.32 Å². The van der Waals surface area contributed by atoms with Crippen molar-refractivity contribution in [2.45, 2.75) is 38.6 Å². The molecule has 1 N–H and O–H groups in total. The number of methoxy groups -OCH3 is 1. The number of rotatable bonds is 7. The monoisotopic (exact) mass is 238 g/mol. The predicted molar refractivity (Wildman–Crippen MR) is 72.0 cm³/mol. The Morgan fingerprint density at radius 3 is 3.06 bits per heavy atom. The second-order valence-electron chi connectivity index (χ2n) is 4.56. The summed E-state index contributed by atoms with van der Waals surface area (Å²) in [6.07, 6.45) is 5.03. The third-order valence-corrected chi connectivity index (χ3v) is 3.31. The molecule has 0 bridgehead atoms. The first-order chi connectivity index (χ1) is 8.38. The van der Waals surface area contributed by atoms with E-state index in [1.54, 1.807) is 7.11 Å². The van der Waals surface area contributed by atoms with Crippen LogP contribution in [-0.2, 0) is 4.74 Å². The highest BCUT2D eigenvalue weighted by Crippen LogP contribution is 2.16. The van der Waals surface area contributed by atoms with E-state index >= 15 is 0 Å². The zero-order valence-corrected chi connectivity index (χ0v) is 11.3. The first-order valence-electron chi connectivity index (χ1n) is 6.71. The third kappa shape index (κ3) is 6.07. The standard InChI is InChI=1S/C14H26N2O/c1-3-4-6-10-16-11-7-5-8-14(16)13-15-9-12-17-2/h14-15H,5-13H2,1-2H3. The lowest BCUT2D eigenvalue weighted by molar-refractivity contribution is 0.143. The molecule has 1 fully saturated rings. The van der Waals surface area contributed by atoms with Crippen molar-refractivity contribution in [3.8, 4) is 11.8 Å². The Morgan fingerprint density at radius 2 is 2.29 bits per heavy atom. The van der Waals surface area contributed by atoms with E-state index in [2.05, 4.69) is 22.1 Å². The quantitative estimate of drug-likeness (QED) is 0.537. The van der Waals surface area contributed by atoms with Crippen molar-refractivity contribution in [2.24, 2.45) is 0 Å². The Labute approximate surface area is 106 Å². The SMILES string of the molecule is CC#CCCN1CCCCC1CNCCOC. The second-order valence-corrected chi connectivity index (χ2v) is 4.56. The lowest BCUT2D eigenvalue weighted by atomic mass is 10.0. The van der Waals surface area contributed by atoms with Crippen molar-refractivity contribution < 1.29 is 4.74 Å². The number of nitrogens with zero attached hydrogens (tertiary/aromatic N) is 1. The maximum absolute atomic E-state index is 5.04. The molecule has 3 heteroatoms. The minimum atomic E-state index is 0.694. The highest BCUT2D eigenvalue weighted by Gasteiger charge is 2.20. The van der Waals surface area contributed by atoms with Crippen LogP contribution in [-0.4, -0.2) is 50.8 Å². The van der Waals surface area contributed by atoms with Gasteiger partial charge in [-0.25, -0.2) is 0 Å². The summed E-state index contributed by atoms with van der Waals surface area (Å²) >= 11 is 0. The smallest absolute Gasteiger partial charge is 0.0587 e. The highest BCUT2D eigenvalue weighted by atomic mass is 16.5. The molecule has 0 radical (unpaired) electrons. The molecular formula is C14H26N2O. The molecule has 1 unspecified atom stereocenters. The summed E-state index contributed by atoms with van der Waals surface area (Å²) in [7, 11) is 1.75. The summed E-state index contributed by atoms with van der Waals surface area (Å²) in [6, 6.07) is 0.694. The van der Waals surface area contributed by atoms with E-state index in [4.69, 9.17) is 4.74 Å². The van der Waals surface area contributed by atoms with E-state index in [9.17, 15) is 0 Å². The van der Waals surface area contributed by atoms with Crippen LogP contribution in [0.4, 0.5) is 0 Å². The second kappa shape index (κ2) is 9.47. The van der Waals surface area contributed by atoms with Gasteiger partial charge >= 0.3 is 0 Å². The average molecular weight is 238 g/mol. The Balaban J connectivity index is 2.23. The van der Waals surface area contributed by atoms with Gasteiger partial charge in [0.2, 0.25) is 0 Å². The normalized spacial score (nSPS) is 20.9. The Kier molecular flexibility index (Phi) is 8.08. The fourth-order valence-corrected chi connectivity index (χ4v) is 2.35. The van der Waals surface area contributed by atoms with E-state index in [1.807, 2.05) is 6.92 Å². The molecule has 0 aliphatic carbocycles. The van der Waals surface area contributed by atoms with Crippen LogP contribution in [0.2, 0.25) is 0 Å². The molecule has 0 aromatic carbocycles. The fraction of sp³-hybridized carbons (Fsp3) is 0.857. The van der Waals surface area contributed by atoms with Gasteiger partial charge in [0.15, 0.2) is 0 Å². The molecule has 0 aromatic rings. The minimum absolute atomic E-state index is 0.694. The molecule has 1 heterocycles. The summed E-state index contributed by atoms with van der Waals surface area (Å²) < 4.78 is 5.04. The van der Waals surface area contributed by atoms with Gasteiger partial charge in [-0.05, 0) is 26.3 Å². The molecule has 1 atom stereocenters. The van der Waals surface area contributed by atoms with E-state index in [0.717, 1.165) is 32.7 Å². The maximum Gasteiger partial charge on any atom is 0.0587 e. The number of hydrogen-bond acceptors (Lipinski definition) is 3. The zero-order valence-electron chi connectivity index (χ0n) is 11.3. The van der Waals surface area contributed by atoms with E-state index in [-0.39, 0.29) is 0 Å². The molecule has 0 spiro atoms. The predicted octanol–water partition coefficient (Wildman–Crippen LogP) is 1.49. The van der Waals surface area contributed by atoms with E-state index in [0.29, 0.717) is 6.04 Å². The summed E-state index contributed by atoms with van der Waals surface area (Å²) in [6.45, 7) is 7.12. The molecule has 1 rings (SSSR count). The molecule has 17 heavy (non-hydrogen) atoms. The molecule has 1 aliphatic rings. The largest absolute Gasteiger partial charge is 0.383 e. The van der Waals surface area contributed by atoms with Gasteiger partial charge in [-0.2, -0.15) is 0 Å². The van der Waals surface area contributed by atoms with Crippen LogP contribution in [0.15, 0.2) is 0 Å². The van der Waals surface area contributed by atoms with Crippen LogP contribution in [0.3, 0.4) is 0 Å². The molecule has 0 aromatic heterocycles. The Bertz CT molecular complexity index is 244. The van der Waals surface area contributed by atoms with Crippen molar-refractivity contribution in [2.75, 3.05) is 39.9 Å². The van der Waals surface area contributed by atoms with Crippen LogP contribution >= 0.6 is 0 Å². The summed E-state index contributed by atoms with van der Waals surface area (Å²) in [5, 5.41) is 3.47. The number of nitrogens with one attached hydrogen (secondary N) is 1. The lowest BCUT2D eigenvalue weighted by Crippen LogP contribution is -2.46. The van der Waals surface area contributed by atoms with Crippen LogP contribution in [0.25, 0.3) is 0 Å². The van der Waals surface area contributed by atoms with Crippen molar-refractivity contribution in [3.63, 3.8) is 0 Å². The third-order valence-electron chi connectivity index (χ3n) is 3.31. The number of piperidine rings is 1. The first kappa shape index (κ1) is 14.5. The zero-order chi connectivity index (χ0) is 12.3. The van der Waals surface area contributed by atoms with E-state index < -0.39 is 0 Å². The van der Waals surface area contributed by atoms with Crippen LogP contribution in [0.1, 0.15) is 32.6 Å². The average Bonchev–Trinajstić information content (AvgIpc) is 2.36. The van der Waals surface area contributed by atoms with Crippen molar-refractivity contribution in [1.29, 1.82) is 0 Å². The minimum Gasteiger partial charge on any atom is -0.383 e. The molecule has 0 amide bonds. The number of hydrogen-bond donors (Lipinski definition) is 1. The van der Waals surface area contributed by atoms with Gasteiger partial charge in [-0.15, -0.1) is 11.8 Å². The lowest BCUT2D eigenvalue weighted by Gasteiger charge is -2.35. The molecule has 98 valence electrons. The molecule has 1 aliphatic heterocycles. The van der Waals surface area contributed by atoms with Gasteiger partial charge in [-0.3, -0.25) is 4.90 Å². The van der Waals surface area contributed by atoms with Gasteiger partial charge in [-0.1, -0.05) is 6.42 Å². The summed E-state index contributed by atoms with van der Waals surface area (Å²) in [5.74, 6) is 6.13. The van der Waals surface area contributed by atoms with Crippen LogP contribution in [0, 0.1) is 11.8 Å². The highest BCUT2D eigenvalue weighted by molar-refractivity contribution is 4.96. The van der Waals surface area contributed by atoms with Gasteiger partial charge in [0.1, 0.15) is 0 Å². The number of likely N-dealkylation sites (tertiary alicyclic amines) is 1. The molecule has 0 saturated carbocycles. The Hall–Kier alpha value is -0.560. The van der Waals surface area contributed by atoms with Gasteiger partial charge in [0.25, 0.3) is 0 Å². The van der Waals surface area contributed by atoms with Crippen LogP contribution in [0.5, 0.6) is 0 Å². The number of ether oxygens (including phenoxy) is 1. The van der Waals surface area contributed by atoms with Crippen molar-refractivity contribution in [3.05, 3.63) is 0 Å². The molecular weight excluding hydrogens is 212 g/mol. The van der Waals surface area contributed by atoms with Gasteiger partial charge in [0.05, 0.1) is 6.61 Å². The maximum atomic E-state index is 5.04. The Morgan fingerprint density at radius 1 is 1.41 bits per heavy atom. The summed E-state index contributed by atoms with van der Waals surface area (Å²) in [4.78, 5) is 2.59. The topological polar surface area (TPSA) is 24.5 Å². The molecule has 3 nitrogen and oxygen atoms in total.